The quantitative estimate of drug-likeness (QED) is 0.193. The molecule has 0 aliphatic rings. The van der Waals surface area contributed by atoms with Crippen molar-refractivity contribution in [1.82, 2.24) is 0 Å². The van der Waals surface area contributed by atoms with E-state index in [9.17, 15) is 20.2 Å². The average molecular weight is 464 g/mol. The molecule has 0 heterocycles. The molecule has 0 unspecified atom stereocenters. The fourth-order valence-corrected chi connectivity index (χ4v) is 3.88. The normalized spacial score (nSPS) is 11.0. The monoisotopic (exact) mass is 463 g/mol. The number of rotatable bonds is 6. The Morgan fingerprint density at radius 1 is 1.12 bits per heavy atom. The molecule has 1 N–H and O–H groups in total. The summed E-state index contributed by atoms with van der Waals surface area (Å²) in [6.07, 6.45) is 1.34. The SMILES string of the molecule is Cc1ccc(C)c(NC(=O)/C(C#N)=C\c2ccc(Sc3ccc(Cl)cc3)c([N+](=O)[O-])c2)c1. The number of anilines is 1. The van der Waals surface area contributed by atoms with E-state index in [-0.39, 0.29) is 11.3 Å². The molecule has 0 aliphatic carbocycles. The molecule has 0 aromatic heterocycles. The zero-order valence-corrected chi connectivity index (χ0v) is 18.8. The highest BCUT2D eigenvalue weighted by Crippen LogP contribution is 2.36. The number of nitro benzene ring substituents is 1. The van der Waals surface area contributed by atoms with Crippen LogP contribution in [0.15, 0.2) is 76.0 Å². The van der Waals surface area contributed by atoms with Gasteiger partial charge >= 0.3 is 0 Å². The molecule has 3 aromatic carbocycles. The number of nitrogens with one attached hydrogen (secondary N) is 1. The van der Waals surface area contributed by atoms with E-state index in [1.807, 2.05) is 38.1 Å². The molecule has 0 saturated carbocycles. The van der Waals surface area contributed by atoms with Crippen molar-refractivity contribution in [3.05, 3.63) is 98.1 Å². The van der Waals surface area contributed by atoms with Crippen molar-refractivity contribution >= 4 is 46.7 Å². The number of nitro groups is 1. The molecule has 0 atom stereocenters. The Bertz CT molecular complexity index is 1260. The Morgan fingerprint density at radius 3 is 2.50 bits per heavy atom. The Balaban J connectivity index is 1.88. The molecule has 3 aromatic rings. The van der Waals surface area contributed by atoms with Crippen molar-refractivity contribution in [3.63, 3.8) is 0 Å². The fraction of sp³-hybridized carbons (Fsp3) is 0.0833. The molecule has 0 bridgehead atoms. The Hall–Kier alpha value is -3.60. The summed E-state index contributed by atoms with van der Waals surface area (Å²) >= 11 is 7.12. The maximum absolute atomic E-state index is 12.6. The van der Waals surface area contributed by atoms with Gasteiger partial charge < -0.3 is 5.32 Å². The molecule has 0 spiro atoms. The largest absolute Gasteiger partial charge is 0.321 e. The van der Waals surface area contributed by atoms with Crippen molar-refractivity contribution < 1.29 is 9.72 Å². The number of aryl methyl sites for hydroxylation is 2. The van der Waals surface area contributed by atoms with Gasteiger partial charge in [-0.05, 0) is 73.0 Å². The lowest BCUT2D eigenvalue weighted by atomic mass is 10.1. The van der Waals surface area contributed by atoms with Gasteiger partial charge in [0.25, 0.3) is 11.6 Å². The highest BCUT2D eigenvalue weighted by atomic mass is 35.5. The lowest BCUT2D eigenvalue weighted by molar-refractivity contribution is -0.387. The second-order valence-electron chi connectivity index (χ2n) is 6.98. The van der Waals surface area contributed by atoms with Crippen LogP contribution in [-0.4, -0.2) is 10.8 Å². The van der Waals surface area contributed by atoms with Gasteiger partial charge in [0.15, 0.2) is 0 Å². The second kappa shape index (κ2) is 10.1. The third-order valence-corrected chi connectivity index (χ3v) is 5.86. The Morgan fingerprint density at radius 2 is 1.84 bits per heavy atom. The van der Waals surface area contributed by atoms with Crippen LogP contribution < -0.4 is 5.32 Å². The number of benzene rings is 3. The first-order valence-corrected chi connectivity index (χ1v) is 10.7. The lowest BCUT2D eigenvalue weighted by Crippen LogP contribution is -2.14. The standard InChI is InChI=1S/C24H18ClN3O3S/c1-15-3-4-16(2)21(11-15)27-24(29)18(14-26)12-17-5-10-23(22(13-17)28(30)31)32-20-8-6-19(25)7-9-20/h3-13H,1-2H3,(H,27,29)/b18-12-. The third-order valence-electron chi connectivity index (χ3n) is 4.54. The van der Waals surface area contributed by atoms with Crippen molar-refractivity contribution in [2.24, 2.45) is 0 Å². The number of nitriles is 1. The molecule has 1 amide bonds. The fourth-order valence-electron chi connectivity index (χ4n) is 2.86. The number of nitrogens with zero attached hydrogens (tertiary/aromatic N) is 2. The third kappa shape index (κ3) is 5.76. The highest BCUT2D eigenvalue weighted by molar-refractivity contribution is 7.99. The Kier molecular flexibility index (Phi) is 7.31. The minimum Gasteiger partial charge on any atom is -0.321 e. The first-order chi connectivity index (χ1) is 15.3. The van der Waals surface area contributed by atoms with Crippen molar-refractivity contribution in [2.45, 2.75) is 23.6 Å². The predicted molar refractivity (Wildman–Crippen MR) is 127 cm³/mol. The van der Waals surface area contributed by atoms with E-state index < -0.39 is 10.8 Å². The van der Waals surface area contributed by atoms with Gasteiger partial charge in [0.1, 0.15) is 11.6 Å². The van der Waals surface area contributed by atoms with Gasteiger partial charge in [-0.25, -0.2) is 0 Å². The summed E-state index contributed by atoms with van der Waals surface area (Å²) in [5, 5.41) is 24.4. The second-order valence-corrected chi connectivity index (χ2v) is 8.53. The molecule has 0 saturated heterocycles. The van der Waals surface area contributed by atoms with Crippen LogP contribution in [0, 0.1) is 35.3 Å². The zero-order valence-electron chi connectivity index (χ0n) is 17.3. The molecule has 0 radical (unpaired) electrons. The van der Waals surface area contributed by atoms with E-state index in [0.29, 0.717) is 21.2 Å². The number of hydrogen-bond acceptors (Lipinski definition) is 5. The number of hydrogen-bond donors (Lipinski definition) is 1. The number of halogens is 1. The van der Waals surface area contributed by atoms with Crippen LogP contribution in [0.3, 0.4) is 0 Å². The molecule has 8 heteroatoms. The van der Waals surface area contributed by atoms with E-state index in [0.717, 1.165) is 16.0 Å². The van der Waals surface area contributed by atoms with Crippen LogP contribution in [0.2, 0.25) is 5.02 Å². The summed E-state index contributed by atoms with van der Waals surface area (Å²) in [5.74, 6) is -0.580. The van der Waals surface area contributed by atoms with E-state index in [4.69, 9.17) is 11.6 Å². The average Bonchev–Trinajstić information content (AvgIpc) is 2.76. The zero-order chi connectivity index (χ0) is 23.3. The molecule has 32 heavy (non-hydrogen) atoms. The van der Waals surface area contributed by atoms with E-state index >= 15 is 0 Å². The predicted octanol–water partition coefficient (Wildman–Crippen LogP) is 6.56. The van der Waals surface area contributed by atoms with E-state index in [1.54, 1.807) is 36.4 Å². The smallest absolute Gasteiger partial charge is 0.283 e. The van der Waals surface area contributed by atoms with Crippen LogP contribution in [0.25, 0.3) is 6.08 Å². The molecular weight excluding hydrogens is 446 g/mol. The van der Waals surface area contributed by atoms with E-state index in [2.05, 4.69) is 5.32 Å². The maximum Gasteiger partial charge on any atom is 0.283 e. The van der Waals surface area contributed by atoms with Crippen LogP contribution in [0.5, 0.6) is 0 Å². The first-order valence-electron chi connectivity index (χ1n) is 9.49. The van der Waals surface area contributed by atoms with Gasteiger partial charge in [0.05, 0.1) is 9.82 Å². The highest BCUT2D eigenvalue weighted by Gasteiger charge is 2.17. The minimum absolute atomic E-state index is 0.120. The summed E-state index contributed by atoms with van der Waals surface area (Å²) in [6, 6.07) is 19.0. The van der Waals surface area contributed by atoms with Gasteiger partial charge in [-0.2, -0.15) is 5.26 Å². The minimum atomic E-state index is -0.580. The van der Waals surface area contributed by atoms with Gasteiger partial charge in [0, 0.05) is 21.7 Å². The Labute approximate surface area is 194 Å². The molecule has 0 aliphatic heterocycles. The summed E-state index contributed by atoms with van der Waals surface area (Å²) in [4.78, 5) is 25.0. The summed E-state index contributed by atoms with van der Waals surface area (Å²) in [7, 11) is 0. The van der Waals surface area contributed by atoms with Gasteiger partial charge in [0.2, 0.25) is 0 Å². The van der Waals surface area contributed by atoms with E-state index in [1.165, 1.54) is 23.9 Å². The maximum atomic E-state index is 12.6. The summed E-state index contributed by atoms with van der Waals surface area (Å²) < 4.78 is 0. The van der Waals surface area contributed by atoms with Gasteiger partial charge in [-0.1, -0.05) is 41.6 Å². The van der Waals surface area contributed by atoms with Crippen LogP contribution in [0.1, 0.15) is 16.7 Å². The molecule has 160 valence electrons. The van der Waals surface area contributed by atoms with Crippen LogP contribution in [-0.2, 0) is 4.79 Å². The first kappa shape index (κ1) is 23.1. The van der Waals surface area contributed by atoms with Crippen molar-refractivity contribution in [1.29, 1.82) is 5.26 Å². The number of amides is 1. The van der Waals surface area contributed by atoms with Crippen molar-refractivity contribution in [3.8, 4) is 6.07 Å². The molecular formula is C24H18ClN3O3S. The van der Waals surface area contributed by atoms with Crippen molar-refractivity contribution in [2.75, 3.05) is 5.32 Å². The topological polar surface area (TPSA) is 96.0 Å². The molecule has 3 rings (SSSR count). The number of carbonyl (C=O) groups is 1. The molecule has 6 nitrogen and oxygen atoms in total. The lowest BCUT2D eigenvalue weighted by Gasteiger charge is -2.09. The van der Waals surface area contributed by atoms with Crippen LogP contribution >= 0.6 is 23.4 Å². The van der Waals surface area contributed by atoms with Gasteiger partial charge in [-0.15, -0.1) is 0 Å². The summed E-state index contributed by atoms with van der Waals surface area (Å²) in [5.41, 5.74) is 2.55. The summed E-state index contributed by atoms with van der Waals surface area (Å²) in [6.45, 7) is 3.75. The number of carbonyl (C=O) groups excluding carboxylic acids is 1. The van der Waals surface area contributed by atoms with Crippen LogP contribution in [0.4, 0.5) is 11.4 Å². The molecule has 0 fully saturated rings. The van der Waals surface area contributed by atoms with Gasteiger partial charge in [-0.3, -0.25) is 14.9 Å².